The number of sulfonamides is 1. The average molecular weight is 411 g/mol. The molecule has 0 saturated carbocycles. The second-order valence-corrected chi connectivity index (χ2v) is 8.40. The van der Waals surface area contributed by atoms with Gasteiger partial charge < -0.3 is 5.32 Å². The van der Waals surface area contributed by atoms with Gasteiger partial charge in [-0.3, -0.25) is 9.48 Å². The molecule has 0 aliphatic carbocycles. The van der Waals surface area contributed by atoms with Crippen LogP contribution in [0.4, 0.5) is 4.39 Å². The van der Waals surface area contributed by atoms with Crippen LogP contribution in [0, 0.1) is 19.7 Å². The summed E-state index contributed by atoms with van der Waals surface area (Å²) in [5, 5.41) is 7.10. The lowest BCUT2D eigenvalue weighted by Crippen LogP contribution is -2.32. The van der Waals surface area contributed by atoms with Crippen molar-refractivity contribution < 1.29 is 17.6 Å². The quantitative estimate of drug-likeness (QED) is 0.644. The smallest absolute Gasteiger partial charge is 0.251 e. The maximum Gasteiger partial charge on any atom is 0.251 e. The van der Waals surface area contributed by atoms with Crippen LogP contribution in [0.15, 0.2) is 29.2 Å². The summed E-state index contributed by atoms with van der Waals surface area (Å²) in [4.78, 5) is 11.9. The Morgan fingerprint density at radius 1 is 1.21 bits per heavy atom. The van der Waals surface area contributed by atoms with Gasteiger partial charge in [-0.2, -0.15) is 9.40 Å². The molecule has 154 valence electrons. The molecule has 1 N–H and O–H groups in total. The highest BCUT2D eigenvalue weighted by molar-refractivity contribution is 7.89. The van der Waals surface area contributed by atoms with E-state index in [1.54, 1.807) is 13.8 Å². The minimum Gasteiger partial charge on any atom is -0.352 e. The number of amides is 1. The molecule has 0 saturated heterocycles. The lowest BCUT2D eigenvalue weighted by atomic mass is 10.2. The minimum absolute atomic E-state index is 0.109. The van der Waals surface area contributed by atoms with Gasteiger partial charge in [0.25, 0.3) is 5.91 Å². The minimum atomic E-state index is -3.98. The van der Waals surface area contributed by atoms with Crippen molar-refractivity contribution >= 4 is 15.9 Å². The fourth-order valence-electron chi connectivity index (χ4n) is 2.98. The van der Waals surface area contributed by atoms with E-state index in [9.17, 15) is 17.6 Å². The zero-order valence-electron chi connectivity index (χ0n) is 16.7. The molecule has 0 fully saturated rings. The van der Waals surface area contributed by atoms with Crippen molar-refractivity contribution in [3.63, 3.8) is 0 Å². The van der Waals surface area contributed by atoms with Crippen LogP contribution in [0.5, 0.6) is 0 Å². The monoisotopic (exact) mass is 410 g/mol. The second kappa shape index (κ2) is 9.29. The van der Waals surface area contributed by atoms with E-state index >= 15 is 0 Å². The number of nitrogens with one attached hydrogen (secondary N) is 1. The highest BCUT2D eigenvalue weighted by atomic mass is 32.2. The van der Waals surface area contributed by atoms with Gasteiger partial charge in [0.1, 0.15) is 10.7 Å². The van der Waals surface area contributed by atoms with E-state index in [1.807, 2.05) is 24.6 Å². The van der Waals surface area contributed by atoms with Crippen molar-refractivity contribution in [1.29, 1.82) is 0 Å². The third-order valence-corrected chi connectivity index (χ3v) is 6.52. The van der Waals surface area contributed by atoms with Crippen LogP contribution in [0.1, 0.15) is 42.0 Å². The van der Waals surface area contributed by atoms with Crippen molar-refractivity contribution in [3.05, 3.63) is 47.0 Å². The molecule has 0 unspecified atom stereocenters. The first-order valence-corrected chi connectivity index (χ1v) is 10.7. The Labute approximate surface area is 165 Å². The molecule has 0 bridgehead atoms. The summed E-state index contributed by atoms with van der Waals surface area (Å²) in [6, 6.07) is 5.38. The molecule has 0 atom stereocenters. The molecule has 0 radical (unpaired) electrons. The number of rotatable bonds is 9. The van der Waals surface area contributed by atoms with Gasteiger partial charge in [-0.15, -0.1) is 0 Å². The molecule has 0 spiro atoms. The summed E-state index contributed by atoms with van der Waals surface area (Å²) >= 11 is 0. The maximum atomic E-state index is 14.1. The molecule has 0 aliphatic rings. The Bertz CT molecular complexity index is 937. The summed E-state index contributed by atoms with van der Waals surface area (Å²) in [5.41, 5.74) is 2.10. The van der Waals surface area contributed by atoms with Crippen LogP contribution in [0.2, 0.25) is 0 Å². The van der Waals surface area contributed by atoms with E-state index in [4.69, 9.17) is 0 Å². The zero-order valence-corrected chi connectivity index (χ0v) is 17.5. The van der Waals surface area contributed by atoms with Crippen LogP contribution in [-0.4, -0.2) is 48.0 Å². The molecule has 0 aliphatic heterocycles. The molecule has 1 aromatic heterocycles. The summed E-state index contributed by atoms with van der Waals surface area (Å²) in [6.45, 7) is 8.74. The Kier molecular flexibility index (Phi) is 7.31. The number of aromatic nitrogens is 2. The predicted octanol–water partition coefficient (Wildman–Crippen LogP) is 2.49. The molecular weight excluding hydrogens is 383 g/mol. The molecule has 28 heavy (non-hydrogen) atoms. The van der Waals surface area contributed by atoms with Crippen LogP contribution < -0.4 is 5.32 Å². The highest BCUT2D eigenvalue weighted by Gasteiger charge is 2.26. The molecular formula is C19H27FN4O3S. The number of hydrogen-bond donors (Lipinski definition) is 1. The normalized spacial score (nSPS) is 11.8. The first-order chi connectivity index (χ1) is 13.2. The average Bonchev–Trinajstić information content (AvgIpc) is 2.96. The molecule has 9 heteroatoms. The zero-order chi connectivity index (χ0) is 20.9. The van der Waals surface area contributed by atoms with Crippen molar-refractivity contribution in [3.8, 4) is 0 Å². The van der Waals surface area contributed by atoms with E-state index in [1.165, 1.54) is 6.07 Å². The SMILES string of the molecule is CCN(CC)S(=O)(=O)c1cc(C(=O)NCCCn2nc(C)cc2C)ccc1F. The third kappa shape index (κ3) is 4.96. The highest BCUT2D eigenvalue weighted by Crippen LogP contribution is 2.20. The van der Waals surface area contributed by atoms with Gasteiger partial charge in [0.2, 0.25) is 10.0 Å². The lowest BCUT2D eigenvalue weighted by Gasteiger charge is -2.19. The Balaban J connectivity index is 2.05. The first kappa shape index (κ1) is 22.0. The van der Waals surface area contributed by atoms with Gasteiger partial charge in [-0.05, 0) is 44.5 Å². The van der Waals surface area contributed by atoms with E-state index in [-0.39, 0.29) is 18.7 Å². The summed E-state index contributed by atoms with van der Waals surface area (Å²) in [7, 11) is -3.98. The summed E-state index contributed by atoms with van der Waals surface area (Å²) in [6.07, 6.45) is 0.666. The van der Waals surface area contributed by atoms with E-state index in [0.717, 1.165) is 27.8 Å². The van der Waals surface area contributed by atoms with Gasteiger partial charge >= 0.3 is 0 Å². The number of carbonyl (C=O) groups is 1. The molecule has 2 aromatic rings. The number of hydrogen-bond acceptors (Lipinski definition) is 4. The number of aryl methyl sites for hydroxylation is 3. The van der Waals surface area contributed by atoms with Gasteiger partial charge in [0, 0.05) is 37.4 Å². The molecule has 2 rings (SSSR count). The van der Waals surface area contributed by atoms with Gasteiger partial charge in [-0.25, -0.2) is 12.8 Å². The molecule has 1 amide bonds. The first-order valence-electron chi connectivity index (χ1n) is 9.29. The largest absolute Gasteiger partial charge is 0.352 e. The number of nitrogens with zero attached hydrogens (tertiary/aromatic N) is 3. The predicted molar refractivity (Wildman–Crippen MR) is 105 cm³/mol. The lowest BCUT2D eigenvalue weighted by molar-refractivity contribution is 0.0952. The van der Waals surface area contributed by atoms with Crippen molar-refractivity contribution in [2.75, 3.05) is 19.6 Å². The second-order valence-electron chi connectivity index (χ2n) is 6.49. The van der Waals surface area contributed by atoms with E-state index in [0.29, 0.717) is 19.5 Å². The van der Waals surface area contributed by atoms with Gasteiger partial charge in [-0.1, -0.05) is 13.8 Å². The van der Waals surface area contributed by atoms with Gasteiger partial charge in [0.15, 0.2) is 0 Å². The summed E-state index contributed by atoms with van der Waals surface area (Å²) in [5.74, 6) is -1.31. The van der Waals surface area contributed by atoms with Crippen LogP contribution in [0.25, 0.3) is 0 Å². The maximum absolute atomic E-state index is 14.1. The molecule has 1 heterocycles. The Morgan fingerprint density at radius 2 is 1.89 bits per heavy atom. The summed E-state index contributed by atoms with van der Waals surface area (Å²) < 4.78 is 42.3. The Morgan fingerprint density at radius 3 is 2.46 bits per heavy atom. The topological polar surface area (TPSA) is 84.3 Å². The Hall–Kier alpha value is -2.26. The van der Waals surface area contributed by atoms with Crippen molar-refractivity contribution in [1.82, 2.24) is 19.4 Å². The van der Waals surface area contributed by atoms with Crippen molar-refractivity contribution in [2.45, 2.75) is 45.6 Å². The fraction of sp³-hybridized carbons (Fsp3) is 0.474. The molecule has 7 nitrogen and oxygen atoms in total. The molecule has 1 aromatic carbocycles. The number of halogens is 1. The van der Waals surface area contributed by atoms with Crippen molar-refractivity contribution in [2.24, 2.45) is 0 Å². The number of carbonyl (C=O) groups excluding carboxylic acids is 1. The van der Waals surface area contributed by atoms with Crippen LogP contribution >= 0.6 is 0 Å². The van der Waals surface area contributed by atoms with Gasteiger partial charge in [0.05, 0.1) is 5.69 Å². The fourth-order valence-corrected chi connectivity index (χ4v) is 4.53. The standard InChI is InChI=1S/C19H27FN4O3S/c1-5-23(6-2)28(26,27)18-13-16(8-9-17(18)20)19(25)21-10-7-11-24-15(4)12-14(3)22-24/h8-9,12-13H,5-7,10-11H2,1-4H3,(H,21,25). The van der Waals surface area contributed by atoms with Crippen LogP contribution in [0.3, 0.4) is 0 Å². The van der Waals surface area contributed by atoms with Crippen LogP contribution in [-0.2, 0) is 16.6 Å². The van der Waals surface area contributed by atoms with E-state index in [2.05, 4.69) is 10.4 Å². The third-order valence-electron chi connectivity index (χ3n) is 4.45. The number of benzene rings is 1. The van der Waals surface area contributed by atoms with E-state index < -0.39 is 26.6 Å².